The molecule has 2 aliphatic rings. The van der Waals surface area contributed by atoms with Crippen molar-refractivity contribution in [2.24, 2.45) is 7.05 Å². The van der Waals surface area contributed by atoms with Gasteiger partial charge in [0.2, 0.25) is 0 Å². The molecule has 1 atom stereocenters. The maximum absolute atomic E-state index is 13.7. The lowest BCUT2D eigenvalue weighted by Crippen LogP contribution is -2.50. The Hall–Kier alpha value is -3.56. The van der Waals surface area contributed by atoms with E-state index >= 15 is 0 Å². The molecule has 0 fully saturated rings. The largest absolute Gasteiger partial charge is 0.573 e. The van der Waals surface area contributed by atoms with Crippen molar-refractivity contribution in [1.29, 1.82) is 0 Å². The van der Waals surface area contributed by atoms with Crippen LogP contribution in [0.4, 0.5) is 13.2 Å². The number of halogens is 3. The van der Waals surface area contributed by atoms with Crippen molar-refractivity contribution >= 4 is 5.91 Å². The highest BCUT2D eigenvalue weighted by atomic mass is 19.4. The van der Waals surface area contributed by atoms with Crippen LogP contribution in [-0.4, -0.2) is 33.6 Å². The number of fused-ring (bicyclic) bond motifs is 2. The molecule has 34 heavy (non-hydrogen) atoms. The third-order valence-electron chi connectivity index (χ3n) is 6.35. The molecule has 0 spiro atoms. The third-order valence-corrected chi connectivity index (χ3v) is 6.35. The molecule has 1 aliphatic heterocycles. The fourth-order valence-electron chi connectivity index (χ4n) is 4.89. The summed E-state index contributed by atoms with van der Waals surface area (Å²) in [6.07, 6.45) is 0.794. The van der Waals surface area contributed by atoms with Crippen LogP contribution in [0.25, 0.3) is 0 Å². The van der Waals surface area contributed by atoms with Crippen molar-refractivity contribution in [1.82, 2.24) is 20.1 Å². The van der Waals surface area contributed by atoms with Gasteiger partial charge in [-0.3, -0.25) is 14.5 Å². The number of hydrogen-bond donors (Lipinski definition) is 1. The second kappa shape index (κ2) is 8.34. The smallest absolute Gasteiger partial charge is 0.491 e. The number of ether oxygens (including phenoxy) is 2. The zero-order chi connectivity index (χ0) is 23.9. The standard InChI is InChI=1S/C24H23F3N4O3/c1-31-20(17-5-2-3-6-18(17)30-31)22(32)29-23(12-14-33-19-7-4-13-28-21(19)23)15-8-10-16(11-9-15)34-24(25,26)27/h4,7-11,13H,2-3,5-6,12,14H2,1H3,(H,29,32). The van der Waals surface area contributed by atoms with E-state index in [1.54, 1.807) is 30.1 Å². The molecule has 3 aromatic rings. The van der Waals surface area contributed by atoms with E-state index in [1.165, 1.54) is 24.3 Å². The fourth-order valence-corrected chi connectivity index (χ4v) is 4.89. The SMILES string of the molecule is Cn1nc2c(c1C(=O)NC1(c3ccc(OC(F)(F)F)cc3)CCOc3cccnc31)CCCC2. The van der Waals surface area contributed by atoms with Gasteiger partial charge in [0.1, 0.15) is 28.4 Å². The summed E-state index contributed by atoms with van der Waals surface area (Å²) in [7, 11) is 1.75. The third kappa shape index (κ3) is 3.97. The molecule has 3 heterocycles. The predicted octanol–water partition coefficient (Wildman–Crippen LogP) is 4.05. The molecule has 178 valence electrons. The molecule has 7 nitrogen and oxygen atoms in total. The number of aryl methyl sites for hydroxylation is 2. The molecule has 1 aliphatic carbocycles. The maximum atomic E-state index is 13.7. The summed E-state index contributed by atoms with van der Waals surface area (Å²) in [6, 6.07) is 9.00. The highest BCUT2D eigenvalue weighted by molar-refractivity contribution is 5.95. The Morgan fingerprint density at radius 1 is 1.18 bits per heavy atom. The van der Waals surface area contributed by atoms with Crippen LogP contribution in [0.5, 0.6) is 11.5 Å². The summed E-state index contributed by atoms with van der Waals surface area (Å²) in [4.78, 5) is 18.2. The predicted molar refractivity (Wildman–Crippen MR) is 116 cm³/mol. The van der Waals surface area contributed by atoms with E-state index in [-0.39, 0.29) is 11.7 Å². The van der Waals surface area contributed by atoms with Crippen molar-refractivity contribution < 1.29 is 27.4 Å². The summed E-state index contributed by atoms with van der Waals surface area (Å²) < 4.78 is 49.4. The molecule has 1 unspecified atom stereocenters. The minimum Gasteiger partial charge on any atom is -0.491 e. The average molecular weight is 472 g/mol. The number of carbonyl (C=O) groups is 1. The van der Waals surface area contributed by atoms with E-state index < -0.39 is 11.9 Å². The number of aromatic nitrogens is 3. The van der Waals surface area contributed by atoms with Crippen molar-refractivity contribution in [3.05, 3.63) is 70.8 Å². The molecule has 5 rings (SSSR count). The lowest BCUT2D eigenvalue weighted by molar-refractivity contribution is -0.274. The first-order chi connectivity index (χ1) is 16.3. The van der Waals surface area contributed by atoms with E-state index in [1.807, 2.05) is 0 Å². The minimum absolute atomic E-state index is 0.295. The monoisotopic (exact) mass is 472 g/mol. The normalized spacial score (nSPS) is 19.5. The van der Waals surface area contributed by atoms with E-state index in [4.69, 9.17) is 4.74 Å². The van der Waals surface area contributed by atoms with Gasteiger partial charge in [-0.25, -0.2) is 0 Å². The van der Waals surface area contributed by atoms with Gasteiger partial charge in [0.05, 0.1) is 12.3 Å². The number of rotatable bonds is 4. The summed E-state index contributed by atoms with van der Waals surface area (Å²) in [6.45, 7) is 0.295. The zero-order valence-electron chi connectivity index (χ0n) is 18.5. The van der Waals surface area contributed by atoms with Crippen LogP contribution in [0.2, 0.25) is 0 Å². The van der Waals surface area contributed by atoms with E-state index in [0.717, 1.165) is 36.9 Å². The lowest BCUT2D eigenvalue weighted by atomic mass is 9.81. The van der Waals surface area contributed by atoms with Gasteiger partial charge in [0, 0.05) is 25.2 Å². The maximum Gasteiger partial charge on any atom is 0.573 e. The Labute approximate surface area is 193 Å². The average Bonchev–Trinajstić information content (AvgIpc) is 3.14. The second-order valence-corrected chi connectivity index (χ2v) is 8.48. The number of nitrogens with one attached hydrogen (secondary N) is 1. The number of nitrogens with zero attached hydrogens (tertiary/aromatic N) is 3. The first-order valence-electron chi connectivity index (χ1n) is 11.1. The van der Waals surface area contributed by atoms with Gasteiger partial charge in [-0.1, -0.05) is 12.1 Å². The van der Waals surface area contributed by atoms with Crippen molar-refractivity contribution in [2.45, 2.75) is 44.0 Å². The number of hydrogen-bond acceptors (Lipinski definition) is 5. The van der Waals surface area contributed by atoms with Crippen LogP contribution in [-0.2, 0) is 25.4 Å². The molecule has 0 saturated carbocycles. The summed E-state index contributed by atoms with van der Waals surface area (Å²) in [5.74, 6) is -0.143. The summed E-state index contributed by atoms with van der Waals surface area (Å²) >= 11 is 0. The van der Waals surface area contributed by atoms with Crippen LogP contribution in [0.3, 0.4) is 0 Å². The van der Waals surface area contributed by atoms with Gasteiger partial charge >= 0.3 is 6.36 Å². The van der Waals surface area contributed by atoms with Gasteiger partial charge in [0.25, 0.3) is 5.91 Å². The van der Waals surface area contributed by atoms with Crippen molar-refractivity contribution in [3.8, 4) is 11.5 Å². The molecule has 2 aromatic heterocycles. The van der Waals surface area contributed by atoms with Crippen LogP contribution in [0.15, 0.2) is 42.6 Å². The van der Waals surface area contributed by atoms with Crippen LogP contribution >= 0.6 is 0 Å². The second-order valence-electron chi connectivity index (χ2n) is 8.48. The first-order valence-corrected chi connectivity index (χ1v) is 11.1. The molecule has 0 bridgehead atoms. The minimum atomic E-state index is -4.79. The Morgan fingerprint density at radius 2 is 1.94 bits per heavy atom. The number of benzene rings is 1. The number of carbonyl (C=O) groups excluding carboxylic acids is 1. The van der Waals surface area contributed by atoms with E-state index in [9.17, 15) is 18.0 Å². The Bertz CT molecular complexity index is 1220. The van der Waals surface area contributed by atoms with Gasteiger partial charge in [-0.2, -0.15) is 5.10 Å². The topological polar surface area (TPSA) is 78.3 Å². The molecule has 10 heteroatoms. The highest BCUT2D eigenvalue weighted by Crippen LogP contribution is 2.41. The van der Waals surface area contributed by atoms with Crippen molar-refractivity contribution in [3.63, 3.8) is 0 Å². The number of pyridine rings is 1. The molecular weight excluding hydrogens is 449 g/mol. The van der Waals surface area contributed by atoms with Crippen LogP contribution < -0.4 is 14.8 Å². The van der Waals surface area contributed by atoms with Crippen molar-refractivity contribution in [2.75, 3.05) is 6.61 Å². The quantitative estimate of drug-likeness (QED) is 0.620. The lowest BCUT2D eigenvalue weighted by Gasteiger charge is -2.39. The highest BCUT2D eigenvalue weighted by Gasteiger charge is 2.43. The number of amides is 1. The molecule has 0 radical (unpaired) electrons. The molecule has 1 N–H and O–H groups in total. The zero-order valence-corrected chi connectivity index (χ0v) is 18.5. The molecule has 1 aromatic carbocycles. The Kier molecular flexibility index (Phi) is 5.45. The summed E-state index contributed by atoms with van der Waals surface area (Å²) in [5, 5.41) is 7.70. The first kappa shape index (κ1) is 22.2. The van der Waals surface area contributed by atoms with Crippen LogP contribution in [0.1, 0.15) is 52.3 Å². The Morgan fingerprint density at radius 3 is 2.71 bits per heavy atom. The van der Waals surface area contributed by atoms with E-state index in [0.29, 0.717) is 35.7 Å². The summed E-state index contributed by atoms with van der Waals surface area (Å²) in [5.41, 5.74) is 2.35. The Balaban J connectivity index is 1.57. The van der Waals surface area contributed by atoms with Gasteiger partial charge in [-0.15, -0.1) is 13.2 Å². The van der Waals surface area contributed by atoms with Gasteiger partial charge in [-0.05, 0) is 55.5 Å². The molecular formula is C24H23F3N4O3. The van der Waals surface area contributed by atoms with Crippen LogP contribution in [0, 0.1) is 0 Å². The van der Waals surface area contributed by atoms with Gasteiger partial charge in [0.15, 0.2) is 0 Å². The molecule has 1 amide bonds. The number of alkyl halides is 3. The van der Waals surface area contributed by atoms with E-state index in [2.05, 4.69) is 20.1 Å². The van der Waals surface area contributed by atoms with Gasteiger partial charge < -0.3 is 14.8 Å². The fraction of sp³-hybridized carbons (Fsp3) is 0.375. The molecule has 0 saturated heterocycles.